The van der Waals surface area contributed by atoms with Crippen LogP contribution in [-0.2, 0) is 4.79 Å². The van der Waals surface area contributed by atoms with Crippen molar-refractivity contribution in [3.8, 4) is 0 Å². The number of hydrogen-bond donors (Lipinski definition) is 2. The molecular formula is C9H15FN2O. The molecule has 0 aromatic heterocycles. The first-order chi connectivity index (χ1) is 6.04. The van der Waals surface area contributed by atoms with E-state index in [4.69, 9.17) is 5.73 Å². The second-order valence-corrected chi connectivity index (χ2v) is 4.32. The monoisotopic (exact) mass is 186 g/mol. The Kier molecular flexibility index (Phi) is 1.84. The van der Waals surface area contributed by atoms with Crippen LogP contribution in [0.15, 0.2) is 0 Å². The molecule has 0 radical (unpaired) electrons. The maximum atomic E-state index is 13.3. The van der Waals surface area contributed by atoms with Crippen molar-refractivity contribution < 1.29 is 9.18 Å². The first-order valence-corrected chi connectivity index (χ1v) is 4.80. The summed E-state index contributed by atoms with van der Waals surface area (Å²) in [6.45, 7) is 0.739. The van der Waals surface area contributed by atoms with Gasteiger partial charge in [-0.1, -0.05) is 0 Å². The van der Waals surface area contributed by atoms with E-state index < -0.39 is 5.79 Å². The minimum absolute atomic E-state index is 0.100. The van der Waals surface area contributed by atoms with Gasteiger partial charge in [-0.05, 0) is 32.1 Å². The van der Waals surface area contributed by atoms with Gasteiger partial charge in [0.05, 0.1) is 5.41 Å². The number of halogens is 1. The van der Waals surface area contributed by atoms with Crippen molar-refractivity contribution in [2.24, 2.45) is 11.1 Å². The molecule has 3 nitrogen and oxygen atoms in total. The van der Waals surface area contributed by atoms with Crippen LogP contribution in [0.4, 0.5) is 4.39 Å². The van der Waals surface area contributed by atoms with E-state index in [2.05, 4.69) is 5.32 Å². The van der Waals surface area contributed by atoms with E-state index >= 15 is 0 Å². The van der Waals surface area contributed by atoms with Crippen molar-refractivity contribution in [3.63, 3.8) is 0 Å². The van der Waals surface area contributed by atoms with E-state index in [-0.39, 0.29) is 11.3 Å². The average molecular weight is 186 g/mol. The van der Waals surface area contributed by atoms with Crippen LogP contribution in [-0.4, -0.2) is 18.2 Å². The van der Waals surface area contributed by atoms with E-state index in [1.54, 1.807) is 0 Å². The number of carbonyl (C=O) groups is 1. The lowest BCUT2D eigenvalue weighted by Gasteiger charge is -2.36. The molecule has 13 heavy (non-hydrogen) atoms. The number of nitrogens with one attached hydrogen (secondary N) is 1. The summed E-state index contributed by atoms with van der Waals surface area (Å²) < 4.78 is 13.3. The molecule has 0 bridgehead atoms. The van der Waals surface area contributed by atoms with Crippen molar-refractivity contribution in [1.82, 2.24) is 5.32 Å². The van der Waals surface area contributed by atoms with Gasteiger partial charge < -0.3 is 5.32 Å². The van der Waals surface area contributed by atoms with Crippen molar-refractivity contribution in [1.29, 1.82) is 0 Å². The smallest absolute Gasteiger partial charge is 0.226 e. The predicted molar refractivity (Wildman–Crippen MR) is 46.6 cm³/mol. The molecule has 2 fully saturated rings. The summed E-state index contributed by atoms with van der Waals surface area (Å²) in [5.74, 6) is -1.43. The molecule has 3 N–H and O–H groups in total. The first kappa shape index (κ1) is 8.94. The molecule has 1 heterocycles. The van der Waals surface area contributed by atoms with Gasteiger partial charge in [0, 0.05) is 6.54 Å². The molecule has 1 saturated heterocycles. The van der Waals surface area contributed by atoms with Crippen LogP contribution >= 0.6 is 0 Å². The van der Waals surface area contributed by atoms with Gasteiger partial charge in [-0.15, -0.1) is 0 Å². The van der Waals surface area contributed by atoms with E-state index in [9.17, 15) is 9.18 Å². The summed E-state index contributed by atoms with van der Waals surface area (Å²) in [7, 11) is 0. The maximum Gasteiger partial charge on any atom is 0.226 e. The quantitative estimate of drug-likeness (QED) is 0.547. The second kappa shape index (κ2) is 2.67. The lowest BCUT2D eigenvalue weighted by atomic mass is 9.71. The number of hydrogen-bond acceptors (Lipinski definition) is 2. The molecular weight excluding hydrogens is 171 g/mol. The van der Waals surface area contributed by atoms with Crippen LogP contribution in [0.5, 0.6) is 0 Å². The van der Waals surface area contributed by atoms with Gasteiger partial charge in [0.25, 0.3) is 0 Å². The Morgan fingerprint density at radius 2 is 1.85 bits per heavy atom. The molecule has 0 atom stereocenters. The van der Waals surface area contributed by atoms with Gasteiger partial charge in [0.15, 0.2) is 5.79 Å². The number of alkyl halides is 1. The number of amides is 1. The molecule has 74 valence electrons. The van der Waals surface area contributed by atoms with Gasteiger partial charge in [-0.25, -0.2) is 4.39 Å². The lowest BCUT2D eigenvalue weighted by Crippen LogP contribution is -2.45. The van der Waals surface area contributed by atoms with Crippen molar-refractivity contribution in [2.75, 3.05) is 6.54 Å². The Bertz CT molecular complexity index is 230. The molecule has 1 amide bonds. The van der Waals surface area contributed by atoms with Crippen LogP contribution in [0.3, 0.4) is 0 Å². The van der Waals surface area contributed by atoms with Crippen LogP contribution in [0.1, 0.15) is 32.1 Å². The zero-order chi connectivity index (χ0) is 9.53. The molecule has 1 spiro atoms. The Morgan fingerprint density at radius 3 is 2.31 bits per heavy atom. The minimum Gasteiger partial charge on any atom is -0.356 e. The van der Waals surface area contributed by atoms with Crippen LogP contribution < -0.4 is 11.1 Å². The second-order valence-electron chi connectivity index (χ2n) is 4.32. The van der Waals surface area contributed by atoms with E-state index in [1.165, 1.54) is 0 Å². The van der Waals surface area contributed by atoms with E-state index in [1.807, 2.05) is 0 Å². The fourth-order valence-electron chi connectivity index (χ4n) is 2.34. The van der Waals surface area contributed by atoms with Crippen molar-refractivity contribution in [3.05, 3.63) is 0 Å². The summed E-state index contributed by atoms with van der Waals surface area (Å²) in [5, 5.41) is 2.81. The Morgan fingerprint density at radius 1 is 1.23 bits per heavy atom. The molecule has 1 aliphatic heterocycles. The molecule has 4 heteroatoms. The SMILES string of the molecule is NC1(F)CCC2(CCNC2=O)CC1. The highest BCUT2D eigenvalue weighted by Crippen LogP contribution is 2.44. The normalized spacial score (nSPS) is 45.2. The van der Waals surface area contributed by atoms with Crippen LogP contribution in [0, 0.1) is 5.41 Å². The Labute approximate surface area is 76.9 Å². The van der Waals surface area contributed by atoms with Gasteiger partial charge >= 0.3 is 0 Å². The highest BCUT2D eigenvalue weighted by molar-refractivity contribution is 5.84. The van der Waals surface area contributed by atoms with E-state index in [0.29, 0.717) is 25.7 Å². The third-order valence-corrected chi connectivity index (χ3v) is 3.41. The fourth-order valence-corrected chi connectivity index (χ4v) is 2.34. The Balaban J connectivity index is 2.08. The molecule has 0 unspecified atom stereocenters. The first-order valence-electron chi connectivity index (χ1n) is 4.80. The highest BCUT2D eigenvalue weighted by atomic mass is 19.1. The van der Waals surface area contributed by atoms with E-state index in [0.717, 1.165) is 13.0 Å². The number of rotatable bonds is 0. The van der Waals surface area contributed by atoms with Crippen LogP contribution in [0.25, 0.3) is 0 Å². The maximum absolute atomic E-state index is 13.3. The topological polar surface area (TPSA) is 55.1 Å². The number of carbonyl (C=O) groups excluding carboxylic acids is 1. The predicted octanol–water partition coefficient (Wildman–Crippen LogP) is 0.691. The zero-order valence-corrected chi connectivity index (χ0v) is 7.61. The molecule has 0 aromatic carbocycles. The largest absolute Gasteiger partial charge is 0.356 e. The summed E-state index contributed by atoms with van der Waals surface area (Å²) in [5.41, 5.74) is 5.09. The third-order valence-electron chi connectivity index (χ3n) is 3.41. The average Bonchev–Trinajstić information content (AvgIpc) is 2.41. The Hall–Kier alpha value is -0.640. The third kappa shape index (κ3) is 1.43. The highest BCUT2D eigenvalue weighted by Gasteiger charge is 2.47. The number of nitrogens with two attached hydrogens (primary N) is 1. The summed E-state index contributed by atoms with van der Waals surface area (Å²) >= 11 is 0. The minimum atomic E-state index is -1.53. The van der Waals surface area contributed by atoms with Gasteiger partial charge in [-0.2, -0.15) is 0 Å². The zero-order valence-electron chi connectivity index (χ0n) is 7.61. The van der Waals surface area contributed by atoms with Crippen LogP contribution in [0.2, 0.25) is 0 Å². The molecule has 1 aliphatic carbocycles. The van der Waals surface area contributed by atoms with Crippen molar-refractivity contribution >= 4 is 5.91 Å². The summed E-state index contributed by atoms with van der Waals surface area (Å²) in [6, 6.07) is 0. The molecule has 2 rings (SSSR count). The lowest BCUT2D eigenvalue weighted by molar-refractivity contribution is -0.130. The van der Waals surface area contributed by atoms with Crippen molar-refractivity contribution in [2.45, 2.75) is 37.9 Å². The van der Waals surface area contributed by atoms with Gasteiger partial charge in [0.2, 0.25) is 5.91 Å². The summed E-state index contributed by atoms with van der Waals surface area (Å²) in [6.07, 6.45) is 2.69. The van der Waals surface area contributed by atoms with Gasteiger partial charge in [0.1, 0.15) is 0 Å². The summed E-state index contributed by atoms with van der Waals surface area (Å²) in [4.78, 5) is 11.5. The fraction of sp³-hybridized carbons (Fsp3) is 0.889. The molecule has 1 saturated carbocycles. The molecule has 0 aromatic rings. The standard InChI is InChI=1S/C9H15FN2O/c10-9(11)3-1-8(2-4-9)5-6-12-7(8)13/h1-6,11H2,(H,12,13). The van der Waals surface area contributed by atoms with Gasteiger partial charge in [-0.3, -0.25) is 10.5 Å². The molecule has 2 aliphatic rings.